The van der Waals surface area contributed by atoms with Gasteiger partial charge in [0.2, 0.25) is 0 Å². The molecule has 2 aromatic rings. The third kappa shape index (κ3) is 7.50. The van der Waals surface area contributed by atoms with Crippen molar-refractivity contribution < 1.29 is 31.4 Å². The molecule has 0 fully saturated rings. The SMILES string of the molecule is CCCCCCCNCC(O)c1ccc(-c2ccc(C(F)(F)F)cc2)nc1C(F)(F)F. The van der Waals surface area contributed by atoms with Crippen LogP contribution in [0.15, 0.2) is 36.4 Å². The molecule has 0 aliphatic rings. The van der Waals surface area contributed by atoms with E-state index in [2.05, 4.69) is 17.2 Å². The van der Waals surface area contributed by atoms with Gasteiger partial charge in [-0.25, -0.2) is 4.98 Å². The Balaban J connectivity index is 2.13. The van der Waals surface area contributed by atoms with Crippen LogP contribution in [0.25, 0.3) is 11.3 Å². The van der Waals surface area contributed by atoms with Crippen LogP contribution < -0.4 is 5.32 Å². The van der Waals surface area contributed by atoms with Crippen molar-refractivity contribution in [2.75, 3.05) is 13.1 Å². The molecular formula is C22H26F6N2O. The number of pyridine rings is 1. The van der Waals surface area contributed by atoms with E-state index in [0.29, 0.717) is 6.54 Å². The highest BCUT2D eigenvalue weighted by atomic mass is 19.4. The van der Waals surface area contributed by atoms with Crippen molar-refractivity contribution in [1.82, 2.24) is 10.3 Å². The lowest BCUT2D eigenvalue weighted by atomic mass is 10.0. The fourth-order valence-electron chi connectivity index (χ4n) is 3.16. The molecule has 1 heterocycles. The summed E-state index contributed by atoms with van der Waals surface area (Å²) in [4.78, 5) is 3.61. The number of unbranched alkanes of at least 4 members (excludes halogenated alkanes) is 4. The van der Waals surface area contributed by atoms with Crippen LogP contribution in [0.5, 0.6) is 0 Å². The molecule has 2 rings (SSSR count). The van der Waals surface area contributed by atoms with Gasteiger partial charge in [0, 0.05) is 17.7 Å². The van der Waals surface area contributed by atoms with E-state index in [-0.39, 0.29) is 23.4 Å². The Labute approximate surface area is 177 Å². The molecule has 1 unspecified atom stereocenters. The van der Waals surface area contributed by atoms with Crippen molar-refractivity contribution in [2.45, 2.75) is 57.5 Å². The van der Waals surface area contributed by atoms with Gasteiger partial charge in [-0.2, -0.15) is 26.3 Å². The van der Waals surface area contributed by atoms with Crippen LogP contribution in [0.1, 0.15) is 62.0 Å². The minimum atomic E-state index is -4.82. The van der Waals surface area contributed by atoms with Crippen LogP contribution in [0, 0.1) is 0 Å². The average Bonchev–Trinajstić information content (AvgIpc) is 2.71. The highest BCUT2D eigenvalue weighted by Crippen LogP contribution is 2.36. The number of hydrogen-bond donors (Lipinski definition) is 2. The first-order valence-corrected chi connectivity index (χ1v) is 10.2. The zero-order valence-electron chi connectivity index (χ0n) is 17.2. The minimum absolute atomic E-state index is 0.0574. The fourth-order valence-corrected chi connectivity index (χ4v) is 3.16. The van der Waals surface area contributed by atoms with Gasteiger partial charge >= 0.3 is 12.4 Å². The monoisotopic (exact) mass is 448 g/mol. The van der Waals surface area contributed by atoms with Crippen LogP contribution in [-0.4, -0.2) is 23.2 Å². The maximum Gasteiger partial charge on any atom is 0.433 e. The van der Waals surface area contributed by atoms with E-state index >= 15 is 0 Å². The van der Waals surface area contributed by atoms with Gasteiger partial charge in [0.25, 0.3) is 0 Å². The summed E-state index contributed by atoms with van der Waals surface area (Å²) in [6.07, 6.45) is -5.57. The van der Waals surface area contributed by atoms with Crippen molar-refractivity contribution in [3.8, 4) is 11.3 Å². The van der Waals surface area contributed by atoms with Crippen LogP contribution in [0.4, 0.5) is 26.3 Å². The van der Waals surface area contributed by atoms with E-state index in [9.17, 15) is 31.4 Å². The second-order valence-corrected chi connectivity index (χ2v) is 7.34. The maximum atomic E-state index is 13.5. The van der Waals surface area contributed by atoms with E-state index in [1.165, 1.54) is 6.07 Å². The molecule has 0 saturated heterocycles. The quantitative estimate of drug-likeness (QED) is 0.328. The van der Waals surface area contributed by atoms with Gasteiger partial charge in [-0.3, -0.25) is 0 Å². The van der Waals surface area contributed by atoms with Crippen molar-refractivity contribution in [1.29, 1.82) is 0 Å². The second kappa shape index (κ2) is 10.9. The van der Waals surface area contributed by atoms with E-state index in [1.54, 1.807) is 0 Å². The van der Waals surface area contributed by atoms with Gasteiger partial charge in [0.05, 0.1) is 17.4 Å². The Hall–Kier alpha value is -2.13. The normalized spacial score (nSPS) is 13.4. The average molecular weight is 448 g/mol. The number of benzene rings is 1. The third-order valence-electron chi connectivity index (χ3n) is 4.86. The Kier molecular flexibility index (Phi) is 8.88. The zero-order chi connectivity index (χ0) is 23.1. The number of aromatic nitrogens is 1. The molecule has 31 heavy (non-hydrogen) atoms. The molecule has 9 heteroatoms. The molecule has 0 aliphatic heterocycles. The van der Waals surface area contributed by atoms with Crippen LogP contribution in [0.2, 0.25) is 0 Å². The molecule has 1 aromatic carbocycles. The molecule has 172 valence electrons. The molecule has 0 spiro atoms. The number of alkyl halides is 6. The molecule has 1 atom stereocenters. The smallest absolute Gasteiger partial charge is 0.387 e. The highest BCUT2D eigenvalue weighted by molar-refractivity contribution is 5.60. The number of aliphatic hydroxyl groups is 1. The summed E-state index contributed by atoms with van der Waals surface area (Å²) in [5.41, 5.74) is -2.53. The Bertz CT molecular complexity index is 818. The summed E-state index contributed by atoms with van der Waals surface area (Å²) >= 11 is 0. The molecule has 0 amide bonds. The lowest BCUT2D eigenvalue weighted by Gasteiger charge is -2.18. The minimum Gasteiger partial charge on any atom is -0.387 e. The summed E-state index contributed by atoms with van der Waals surface area (Å²) in [5, 5.41) is 13.2. The predicted octanol–water partition coefficient (Wildman–Crippen LogP) is 6.38. The van der Waals surface area contributed by atoms with Crippen molar-refractivity contribution in [3.05, 3.63) is 53.2 Å². The summed E-state index contributed by atoms with van der Waals surface area (Å²) in [6.45, 7) is 2.63. The first-order valence-electron chi connectivity index (χ1n) is 10.2. The van der Waals surface area contributed by atoms with Crippen molar-refractivity contribution >= 4 is 0 Å². The number of nitrogens with one attached hydrogen (secondary N) is 1. The largest absolute Gasteiger partial charge is 0.433 e. The van der Waals surface area contributed by atoms with E-state index < -0.39 is 29.7 Å². The van der Waals surface area contributed by atoms with Gasteiger partial charge in [0.15, 0.2) is 5.69 Å². The number of halogens is 6. The summed E-state index contributed by atoms with van der Waals surface area (Å²) in [7, 11) is 0. The van der Waals surface area contributed by atoms with Gasteiger partial charge < -0.3 is 10.4 Å². The molecular weight excluding hydrogens is 422 g/mol. The van der Waals surface area contributed by atoms with Gasteiger partial charge in [-0.15, -0.1) is 0 Å². The summed E-state index contributed by atoms with van der Waals surface area (Å²) < 4.78 is 78.7. The van der Waals surface area contributed by atoms with E-state index in [4.69, 9.17) is 0 Å². The topological polar surface area (TPSA) is 45.1 Å². The Morgan fingerprint density at radius 2 is 1.52 bits per heavy atom. The van der Waals surface area contributed by atoms with Gasteiger partial charge in [0.1, 0.15) is 0 Å². The standard InChI is InChI=1S/C22H26F6N2O/c1-2-3-4-5-6-13-29-14-19(31)17-11-12-18(30-20(17)22(26,27)28)15-7-9-16(10-8-15)21(23,24)25/h7-12,19,29,31H,2-6,13-14H2,1H3. The molecule has 0 bridgehead atoms. The number of aliphatic hydroxyl groups excluding tert-OH is 1. The molecule has 3 nitrogen and oxygen atoms in total. The maximum absolute atomic E-state index is 13.5. The number of hydrogen-bond acceptors (Lipinski definition) is 3. The van der Waals surface area contributed by atoms with Gasteiger partial charge in [-0.05, 0) is 31.2 Å². The van der Waals surface area contributed by atoms with Crippen LogP contribution in [-0.2, 0) is 12.4 Å². The lowest BCUT2D eigenvalue weighted by Crippen LogP contribution is -2.25. The second-order valence-electron chi connectivity index (χ2n) is 7.34. The fraction of sp³-hybridized carbons (Fsp3) is 0.500. The lowest BCUT2D eigenvalue weighted by molar-refractivity contribution is -0.142. The first-order chi connectivity index (χ1) is 14.5. The van der Waals surface area contributed by atoms with Crippen molar-refractivity contribution in [3.63, 3.8) is 0 Å². The molecule has 0 aliphatic carbocycles. The first kappa shape index (κ1) is 25.1. The Morgan fingerprint density at radius 1 is 0.871 bits per heavy atom. The Morgan fingerprint density at radius 3 is 2.10 bits per heavy atom. The van der Waals surface area contributed by atoms with E-state index in [0.717, 1.165) is 62.4 Å². The number of rotatable bonds is 10. The highest BCUT2D eigenvalue weighted by Gasteiger charge is 2.37. The van der Waals surface area contributed by atoms with Crippen molar-refractivity contribution in [2.24, 2.45) is 0 Å². The van der Waals surface area contributed by atoms with Gasteiger partial charge in [-0.1, -0.05) is 50.8 Å². The summed E-state index contributed by atoms with van der Waals surface area (Å²) in [5.74, 6) is 0. The molecule has 2 N–H and O–H groups in total. The number of nitrogens with zero attached hydrogens (tertiary/aromatic N) is 1. The van der Waals surface area contributed by atoms with Crippen LogP contribution in [0.3, 0.4) is 0 Å². The third-order valence-corrected chi connectivity index (χ3v) is 4.86. The van der Waals surface area contributed by atoms with E-state index in [1.807, 2.05) is 0 Å². The summed E-state index contributed by atoms with van der Waals surface area (Å²) in [6, 6.07) is 6.11. The molecule has 0 saturated carbocycles. The molecule has 1 aromatic heterocycles. The predicted molar refractivity (Wildman–Crippen MR) is 106 cm³/mol. The molecule has 0 radical (unpaired) electrons. The zero-order valence-corrected chi connectivity index (χ0v) is 17.2. The van der Waals surface area contributed by atoms with Crippen LogP contribution >= 0.6 is 0 Å².